The van der Waals surface area contributed by atoms with Gasteiger partial charge >= 0.3 is 5.97 Å². The molecule has 0 atom stereocenters. The summed E-state index contributed by atoms with van der Waals surface area (Å²) in [6.07, 6.45) is 2.56. The van der Waals surface area contributed by atoms with Crippen LogP contribution in [0.1, 0.15) is 6.92 Å². The number of carboxylic acids is 1. The minimum absolute atomic E-state index is 0. The van der Waals surface area contributed by atoms with E-state index < -0.39 is 5.97 Å². The monoisotopic (exact) mass is 174 g/mol. The number of carbonyl (C=O) groups is 1. The quantitative estimate of drug-likeness (QED) is 0.457. The molecule has 3 heteroatoms. The van der Waals surface area contributed by atoms with E-state index in [1.54, 1.807) is 6.92 Å². The Labute approximate surface area is 79.5 Å². The molecular weight excluding hydrogens is 168 g/mol. The van der Waals surface area contributed by atoms with Crippen molar-refractivity contribution in [1.29, 1.82) is 0 Å². The van der Waals surface area contributed by atoms with E-state index in [9.17, 15) is 4.79 Å². The summed E-state index contributed by atoms with van der Waals surface area (Å²) < 4.78 is 0. The van der Waals surface area contributed by atoms with Crippen molar-refractivity contribution in [3.8, 4) is 0 Å². The third kappa shape index (κ3) is 10.8. The van der Waals surface area contributed by atoms with Gasteiger partial charge in [-0.15, -0.1) is 0 Å². The number of hydrogen-bond donors (Lipinski definition) is 1. The Bertz CT molecular complexity index is 77.8. The number of hydrogen-bond acceptors (Lipinski definition) is 1. The van der Waals surface area contributed by atoms with Crippen molar-refractivity contribution in [3.05, 3.63) is 12.2 Å². The summed E-state index contributed by atoms with van der Waals surface area (Å²) in [5, 5.41) is 7.83. The Morgan fingerprint density at radius 1 is 1.71 bits per heavy atom. The van der Waals surface area contributed by atoms with Crippen LogP contribution < -0.4 is 0 Å². The van der Waals surface area contributed by atoms with Crippen LogP contribution in [-0.2, 0) is 4.79 Å². The predicted octanol–water partition coefficient (Wildman–Crippen LogP) is 0.266. The first-order chi connectivity index (χ1) is 2.77. The Hall–Kier alpha value is 0.691. The van der Waals surface area contributed by atoms with Gasteiger partial charge in [-0.25, -0.2) is 4.79 Å². The average molecular weight is 174 g/mol. The van der Waals surface area contributed by atoms with Crippen LogP contribution >= 0.6 is 0 Å². The zero-order valence-corrected chi connectivity index (χ0v) is 7.69. The van der Waals surface area contributed by atoms with Gasteiger partial charge in [0.2, 0.25) is 0 Å². The van der Waals surface area contributed by atoms with Crippen LogP contribution in [0.3, 0.4) is 0 Å². The fourth-order valence-corrected chi connectivity index (χ4v) is 0.143. The van der Waals surface area contributed by atoms with Crippen molar-refractivity contribution in [2.75, 3.05) is 0 Å². The molecule has 0 saturated heterocycles. The van der Waals surface area contributed by atoms with Gasteiger partial charge in [-0.05, 0) is 6.92 Å². The van der Waals surface area contributed by atoms with Crippen molar-refractivity contribution >= 4 is 51.5 Å². The smallest absolute Gasteiger partial charge is 0.327 e. The predicted molar refractivity (Wildman–Crippen MR) is 28.2 cm³/mol. The van der Waals surface area contributed by atoms with Crippen LogP contribution in [0.2, 0.25) is 0 Å². The molecule has 2 nitrogen and oxygen atoms in total. The Morgan fingerprint density at radius 2 is 2.14 bits per heavy atom. The number of aliphatic carboxylic acids is 1. The van der Waals surface area contributed by atoms with Crippen molar-refractivity contribution < 1.29 is 9.90 Å². The zero-order valence-electron chi connectivity index (χ0n) is 4.22. The van der Waals surface area contributed by atoms with Gasteiger partial charge in [0, 0.05) is 51.6 Å². The van der Waals surface area contributed by atoms with Crippen LogP contribution in [0.25, 0.3) is 0 Å². The van der Waals surface area contributed by atoms with Gasteiger partial charge in [0.1, 0.15) is 0 Å². The van der Waals surface area contributed by atoms with Crippen molar-refractivity contribution in [1.82, 2.24) is 0 Å². The van der Waals surface area contributed by atoms with Gasteiger partial charge in [0.05, 0.1) is 0 Å². The number of allylic oxidation sites excluding steroid dienone is 1. The molecule has 2 radical (unpaired) electrons. The van der Waals surface area contributed by atoms with Crippen LogP contribution in [0.5, 0.6) is 0 Å². The maximum atomic E-state index is 9.51. The van der Waals surface area contributed by atoms with Gasteiger partial charge in [-0.1, -0.05) is 6.08 Å². The summed E-state index contributed by atoms with van der Waals surface area (Å²) in [5.74, 6) is -0.891. The van der Waals surface area contributed by atoms with Crippen LogP contribution in [0.4, 0.5) is 0 Å². The molecule has 0 spiro atoms. The third-order valence-corrected chi connectivity index (χ3v) is 0.309. The van der Waals surface area contributed by atoms with Crippen molar-refractivity contribution in [2.24, 2.45) is 0 Å². The summed E-state index contributed by atoms with van der Waals surface area (Å²) in [6, 6.07) is 0. The largest absolute Gasteiger partial charge is 0.478 e. The third-order valence-electron chi connectivity index (χ3n) is 0.309. The van der Waals surface area contributed by atoms with E-state index in [0.717, 1.165) is 6.08 Å². The average Bonchev–Trinajstić information content (AvgIpc) is 1.35. The fraction of sp³-hybridized carbons (Fsp3) is 0.250. The van der Waals surface area contributed by atoms with E-state index in [1.807, 2.05) is 0 Å². The van der Waals surface area contributed by atoms with E-state index in [0.29, 0.717) is 0 Å². The van der Waals surface area contributed by atoms with Crippen molar-refractivity contribution in [3.63, 3.8) is 0 Å². The first-order valence-corrected chi connectivity index (χ1v) is 1.63. The Balaban J connectivity index is 0. The van der Waals surface area contributed by atoms with E-state index in [4.69, 9.17) is 5.11 Å². The number of carboxylic acid groups (broad SMARTS) is 1. The molecule has 0 rings (SSSR count). The zero-order chi connectivity index (χ0) is 4.99. The second-order valence-electron chi connectivity index (χ2n) is 0.838. The molecular formula is C4H6O2Sr. The summed E-state index contributed by atoms with van der Waals surface area (Å²) >= 11 is 0. The molecule has 0 aromatic heterocycles. The minimum Gasteiger partial charge on any atom is -0.478 e. The van der Waals surface area contributed by atoms with E-state index >= 15 is 0 Å². The Morgan fingerprint density at radius 3 is 2.14 bits per heavy atom. The van der Waals surface area contributed by atoms with Crippen molar-refractivity contribution in [2.45, 2.75) is 6.92 Å². The molecule has 0 saturated carbocycles. The first-order valence-electron chi connectivity index (χ1n) is 1.63. The van der Waals surface area contributed by atoms with E-state index in [2.05, 4.69) is 0 Å². The summed E-state index contributed by atoms with van der Waals surface area (Å²) in [6.45, 7) is 1.66. The topological polar surface area (TPSA) is 37.3 Å². The Kier molecular flexibility index (Phi) is 10.2. The van der Waals surface area contributed by atoms with Gasteiger partial charge in [-0.2, -0.15) is 0 Å². The molecule has 36 valence electrons. The normalized spacial score (nSPS) is 8.14. The molecule has 0 aliphatic heterocycles. The summed E-state index contributed by atoms with van der Waals surface area (Å²) in [5.41, 5.74) is 0. The van der Waals surface area contributed by atoms with Crippen LogP contribution in [0.15, 0.2) is 12.2 Å². The maximum absolute atomic E-state index is 9.51. The summed E-state index contributed by atoms with van der Waals surface area (Å²) in [7, 11) is 0. The SMILES string of the molecule is C/C=C/C(=O)O.[Sr]. The molecule has 0 fully saturated rings. The first kappa shape index (κ1) is 10.6. The van der Waals surface area contributed by atoms with Crippen LogP contribution in [-0.4, -0.2) is 56.6 Å². The minimum atomic E-state index is -0.891. The second-order valence-corrected chi connectivity index (χ2v) is 0.838. The molecule has 0 aliphatic rings. The summed E-state index contributed by atoms with van der Waals surface area (Å²) in [4.78, 5) is 9.51. The molecule has 0 unspecified atom stereocenters. The van der Waals surface area contributed by atoms with E-state index in [1.165, 1.54) is 6.08 Å². The molecule has 7 heavy (non-hydrogen) atoms. The van der Waals surface area contributed by atoms with Gasteiger partial charge in [0.25, 0.3) is 0 Å². The molecule has 0 aliphatic carbocycles. The second kappa shape index (κ2) is 6.69. The van der Waals surface area contributed by atoms with Gasteiger partial charge < -0.3 is 5.11 Å². The number of rotatable bonds is 1. The standard InChI is InChI=1S/C4H6O2.Sr/c1-2-3-4(5)6;/h2-3H,1H3,(H,5,6);/b3-2+;. The van der Waals surface area contributed by atoms with Crippen LogP contribution in [0, 0.1) is 0 Å². The maximum Gasteiger partial charge on any atom is 0.327 e. The van der Waals surface area contributed by atoms with Gasteiger partial charge in [0.15, 0.2) is 0 Å². The molecule has 1 N–H and O–H groups in total. The fourth-order valence-electron chi connectivity index (χ4n) is 0.143. The molecule has 0 bridgehead atoms. The molecule has 0 aromatic rings. The molecule has 0 aromatic carbocycles. The molecule has 0 amide bonds. The molecule has 0 heterocycles. The van der Waals surface area contributed by atoms with Gasteiger partial charge in [-0.3, -0.25) is 0 Å². The van der Waals surface area contributed by atoms with E-state index in [-0.39, 0.29) is 45.5 Å².